The number of unbranched alkanes of at least 4 members (excludes halogenated alkanes) is 6. The smallest absolute Gasteiger partial charge is 0.310 e. The van der Waals surface area contributed by atoms with Gasteiger partial charge >= 0.3 is 5.97 Å². The Morgan fingerprint density at radius 3 is 2.55 bits per heavy atom. The number of ketones is 1. The minimum absolute atomic E-state index is 0.0636. The molecule has 0 N–H and O–H groups in total. The molecular formula is C25H30O3S. The van der Waals surface area contributed by atoms with Crippen LogP contribution in [0.25, 0.3) is 0 Å². The van der Waals surface area contributed by atoms with Crippen LogP contribution < -0.4 is 0 Å². The van der Waals surface area contributed by atoms with E-state index in [0.717, 1.165) is 45.7 Å². The Balaban J connectivity index is 1.48. The van der Waals surface area contributed by atoms with Crippen LogP contribution in [0.15, 0.2) is 47.4 Å². The number of fused-ring (bicyclic) bond motifs is 2. The highest BCUT2D eigenvalue weighted by Crippen LogP contribution is 2.34. The molecule has 0 aromatic heterocycles. The molecule has 0 saturated heterocycles. The molecule has 4 heteroatoms. The number of rotatable bonds is 10. The average molecular weight is 411 g/mol. The maximum Gasteiger partial charge on any atom is 0.310 e. The highest BCUT2D eigenvalue weighted by atomic mass is 32.2. The molecule has 0 bridgehead atoms. The van der Waals surface area contributed by atoms with E-state index in [1.54, 1.807) is 11.8 Å². The first-order chi connectivity index (χ1) is 14.2. The van der Waals surface area contributed by atoms with Crippen LogP contribution in [0.1, 0.15) is 78.9 Å². The second kappa shape index (κ2) is 11.2. The molecule has 1 aliphatic heterocycles. The van der Waals surface area contributed by atoms with Crippen molar-refractivity contribution >= 4 is 23.5 Å². The van der Waals surface area contributed by atoms with Crippen molar-refractivity contribution in [1.29, 1.82) is 0 Å². The number of hydrogen-bond donors (Lipinski definition) is 0. The molecule has 0 saturated carbocycles. The molecule has 1 heterocycles. The van der Waals surface area contributed by atoms with Crippen LogP contribution >= 0.6 is 11.8 Å². The summed E-state index contributed by atoms with van der Waals surface area (Å²) in [5.41, 5.74) is 3.47. The number of thioether (sulfide) groups is 1. The molecule has 29 heavy (non-hydrogen) atoms. The Kier molecular flexibility index (Phi) is 8.36. The Labute approximate surface area is 178 Å². The third-order valence-electron chi connectivity index (χ3n) is 5.30. The van der Waals surface area contributed by atoms with Crippen LogP contribution in [0.2, 0.25) is 0 Å². The van der Waals surface area contributed by atoms with Gasteiger partial charge in [0.25, 0.3) is 0 Å². The molecule has 3 rings (SSSR count). The highest BCUT2D eigenvalue weighted by Gasteiger charge is 2.21. The summed E-state index contributed by atoms with van der Waals surface area (Å²) in [5.74, 6) is 0.638. The summed E-state index contributed by atoms with van der Waals surface area (Å²) in [6, 6.07) is 13.5. The van der Waals surface area contributed by atoms with Gasteiger partial charge < -0.3 is 4.74 Å². The first kappa shape index (κ1) is 21.6. The number of hydrogen-bond acceptors (Lipinski definition) is 4. The Hall–Kier alpha value is -2.07. The van der Waals surface area contributed by atoms with E-state index in [1.165, 1.54) is 32.1 Å². The van der Waals surface area contributed by atoms with Gasteiger partial charge in [-0.15, -0.1) is 11.8 Å². The predicted octanol–water partition coefficient (Wildman–Crippen LogP) is 6.36. The monoisotopic (exact) mass is 410 g/mol. The zero-order chi connectivity index (χ0) is 20.5. The minimum atomic E-state index is -0.191. The zero-order valence-corrected chi connectivity index (χ0v) is 18.1. The van der Waals surface area contributed by atoms with Gasteiger partial charge in [0.2, 0.25) is 0 Å². The molecule has 2 aromatic carbocycles. The third kappa shape index (κ3) is 6.20. The van der Waals surface area contributed by atoms with E-state index in [2.05, 4.69) is 6.92 Å². The molecule has 3 nitrogen and oxygen atoms in total. The summed E-state index contributed by atoms with van der Waals surface area (Å²) in [4.78, 5) is 26.0. The fraction of sp³-hybridized carbons (Fsp3) is 0.440. The number of esters is 1. The molecule has 1 aliphatic rings. The van der Waals surface area contributed by atoms with Crippen molar-refractivity contribution in [2.75, 3.05) is 6.61 Å². The molecule has 0 aliphatic carbocycles. The van der Waals surface area contributed by atoms with Gasteiger partial charge in [0, 0.05) is 21.8 Å². The van der Waals surface area contributed by atoms with Gasteiger partial charge in [-0.25, -0.2) is 0 Å². The summed E-state index contributed by atoms with van der Waals surface area (Å²) < 4.78 is 5.40. The van der Waals surface area contributed by atoms with E-state index < -0.39 is 0 Å². The largest absolute Gasteiger partial charge is 0.465 e. The second-order valence-electron chi connectivity index (χ2n) is 7.62. The number of benzene rings is 2. The maximum atomic E-state index is 12.8. The van der Waals surface area contributed by atoms with E-state index in [0.29, 0.717) is 6.61 Å². The Morgan fingerprint density at radius 1 is 0.966 bits per heavy atom. The lowest BCUT2D eigenvalue weighted by Crippen LogP contribution is -2.10. The van der Waals surface area contributed by atoms with Gasteiger partial charge in [-0.2, -0.15) is 0 Å². The summed E-state index contributed by atoms with van der Waals surface area (Å²) in [6.45, 7) is 2.72. The average Bonchev–Trinajstić information content (AvgIpc) is 2.87. The van der Waals surface area contributed by atoms with Crippen LogP contribution in [0, 0.1) is 0 Å². The van der Waals surface area contributed by atoms with Gasteiger partial charge in [-0.05, 0) is 29.7 Å². The van der Waals surface area contributed by atoms with Gasteiger partial charge in [-0.3, -0.25) is 9.59 Å². The Morgan fingerprint density at radius 2 is 1.72 bits per heavy atom. The van der Waals surface area contributed by atoms with Crippen molar-refractivity contribution in [3.05, 3.63) is 64.7 Å². The van der Waals surface area contributed by atoms with E-state index in [-0.39, 0.29) is 18.2 Å². The normalized spacial score (nSPS) is 12.8. The molecule has 0 radical (unpaired) electrons. The van der Waals surface area contributed by atoms with Crippen LogP contribution in [-0.2, 0) is 21.7 Å². The lowest BCUT2D eigenvalue weighted by atomic mass is 9.98. The van der Waals surface area contributed by atoms with Crippen molar-refractivity contribution in [1.82, 2.24) is 0 Å². The fourth-order valence-electron chi connectivity index (χ4n) is 3.61. The first-order valence-electron chi connectivity index (χ1n) is 10.7. The quantitative estimate of drug-likeness (QED) is 0.338. The minimum Gasteiger partial charge on any atom is -0.465 e. The van der Waals surface area contributed by atoms with Crippen LogP contribution in [0.5, 0.6) is 0 Å². The molecule has 0 fully saturated rings. The number of carbonyl (C=O) groups is 2. The topological polar surface area (TPSA) is 43.4 Å². The van der Waals surface area contributed by atoms with Gasteiger partial charge in [0.05, 0.1) is 13.0 Å². The van der Waals surface area contributed by atoms with Gasteiger partial charge in [0.15, 0.2) is 5.78 Å². The molecular weight excluding hydrogens is 380 g/mol. The van der Waals surface area contributed by atoms with E-state index >= 15 is 0 Å². The van der Waals surface area contributed by atoms with Crippen molar-refractivity contribution < 1.29 is 14.3 Å². The molecule has 0 amide bonds. The summed E-state index contributed by atoms with van der Waals surface area (Å²) in [6.07, 6.45) is 8.68. The third-order valence-corrected chi connectivity index (χ3v) is 6.40. The summed E-state index contributed by atoms with van der Waals surface area (Å²) >= 11 is 1.66. The van der Waals surface area contributed by atoms with Crippen molar-refractivity contribution in [3.8, 4) is 0 Å². The zero-order valence-electron chi connectivity index (χ0n) is 17.2. The van der Waals surface area contributed by atoms with Crippen LogP contribution in [-0.4, -0.2) is 18.4 Å². The van der Waals surface area contributed by atoms with E-state index in [4.69, 9.17) is 4.74 Å². The van der Waals surface area contributed by atoms with Crippen molar-refractivity contribution in [2.24, 2.45) is 0 Å². The lowest BCUT2D eigenvalue weighted by Gasteiger charge is -2.08. The van der Waals surface area contributed by atoms with Crippen LogP contribution in [0.4, 0.5) is 0 Å². The second-order valence-corrected chi connectivity index (χ2v) is 8.64. The number of ether oxygens (including phenoxy) is 1. The van der Waals surface area contributed by atoms with Gasteiger partial charge in [0.1, 0.15) is 0 Å². The lowest BCUT2D eigenvalue weighted by molar-refractivity contribution is -0.142. The molecule has 0 spiro atoms. The van der Waals surface area contributed by atoms with Crippen molar-refractivity contribution in [2.45, 2.75) is 68.9 Å². The standard InChI is InChI=1S/C25H30O3S/c1-2-3-4-5-6-7-10-15-28-24(26)17-19-13-14-22-23(16-19)29-18-20-11-8-9-12-21(20)25(22)27/h8-9,11-14,16H,2-7,10,15,17-18H2,1H3. The summed E-state index contributed by atoms with van der Waals surface area (Å²) in [7, 11) is 0. The highest BCUT2D eigenvalue weighted by molar-refractivity contribution is 7.98. The molecule has 2 aromatic rings. The van der Waals surface area contributed by atoms with E-state index in [9.17, 15) is 9.59 Å². The Bertz CT molecular complexity index is 844. The first-order valence-corrected chi connectivity index (χ1v) is 11.7. The SMILES string of the molecule is CCCCCCCCCOC(=O)Cc1ccc2c(c1)SCc1ccccc1C2=O. The molecule has 154 valence electrons. The molecule has 0 unspecified atom stereocenters. The summed E-state index contributed by atoms with van der Waals surface area (Å²) in [5, 5.41) is 0. The maximum absolute atomic E-state index is 12.8. The fourth-order valence-corrected chi connectivity index (χ4v) is 4.73. The van der Waals surface area contributed by atoms with E-state index in [1.807, 2.05) is 42.5 Å². The van der Waals surface area contributed by atoms with Crippen LogP contribution in [0.3, 0.4) is 0 Å². The van der Waals surface area contributed by atoms with Gasteiger partial charge in [-0.1, -0.05) is 75.8 Å². The predicted molar refractivity (Wildman–Crippen MR) is 119 cm³/mol. The number of carbonyl (C=O) groups excluding carboxylic acids is 2. The molecule has 0 atom stereocenters. The van der Waals surface area contributed by atoms with Crippen molar-refractivity contribution in [3.63, 3.8) is 0 Å².